The van der Waals surface area contributed by atoms with Gasteiger partial charge >= 0.3 is 0 Å². The smallest absolute Gasteiger partial charge is 0.239 e. The summed E-state index contributed by atoms with van der Waals surface area (Å²) in [6.45, 7) is 9.21. The van der Waals surface area contributed by atoms with Gasteiger partial charge in [0, 0.05) is 13.1 Å². The predicted molar refractivity (Wildman–Crippen MR) is 59.4 cm³/mol. The minimum absolute atomic E-state index is 0.0481. The van der Waals surface area contributed by atoms with Crippen LogP contribution in [-0.2, 0) is 9.53 Å². The van der Waals surface area contributed by atoms with Gasteiger partial charge in [-0.2, -0.15) is 0 Å². The molecule has 2 N–H and O–H groups in total. The molecular formula is C11H22N2O2. The van der Waals surface area contributed by atoms with Crippen molar-refractivity contribution in [3.63, 3.8) is 0 Å². The van der Waals surface area contributed by atoms with Gasteiger partial charge in [0.1, 0.15) is 0 Å². The molecular weight excluding hydrogens is 192 g/mol. The fourth-order valence-electron chi connectivity index (χ4n) is 1.85. The molecule has 0 unspecified atom stereocenters. The topological polar surface area (TPSA) is 55.6 Å². The van der Waals surface area contributed by atoms with Crippen molar-refractivity contribution < 1.29 is 9.53 Å². The van der Waals surface area contributed by atoms with Crippen LogP contribution in [0.3, 0.4) is 0 Å². The zero-order valence-electron chi connectivity index (χ0n) is 10.1. The van der Waals surface area contributed by atoms with Crippen LogP contribution in [0.2, 0.25) is 0 Å². The van der Waals surface area contributed by atoms with E-state index in [0.29, 0.717) is 13.1 Å². The molecule has 1 amide bonds. The highest BCUT2D eigenvalue weighted by atomic mass is 16.5. The Bertz CT molecular complexity index is 221. The summed E-state index contributed by atoms with van der Waals surface area (Å²) in [5, 5.41) is 0. The van der Waals surface area contributed by atoms with Gasteiger partial charge in [0.15, 0.2) is 0 Å². The van der Waals surface area contributed by atoms with E-state index in [0.717, 1.165) is 0 Å². The van der Waals surface area contributed by atoms with E-state index in [1.165, 1.54) is 0 Å². The molecule has 15 heavy (non-hydrogen) atoms. The number of hydrogen-bond acceptors (Lipinski definition) is 3. The molecule has 1 heterocycles. The Kier molecular flexibility index (Phi) is 4.11. The highest BCUT2D eigenvalue weighted by Gasteiger charge is 2.29. The van der Waals surface area contributed by atoms with Crippen LogP contribution in [0, 0.1) is 5.92 Å². The van der Waals surface area contributed by atoms with Crippen molar-refractivity contribution in [3.05, 3.63) is 0 Å². The van der Waals surface area contributed by atoms with E-state index in [1.54, 1.807) is 0 Å². The molecule has 1 aliphatic rings. The van der Waals surface area contributed by atoms with E-state index >= 15 is 0 Å². The van der Waals surface area contributed by atoms with Gasteiger partial charge in [-0.15, -0.1) is 0 Å². The summed E-state index contributed by atoms with van der Waals surface area (Å²) in [6, 6.07) is -0.387. The van der Waals surface area contributed by atoms with Crippen molar-refractivity contribution in [3.8, 4) is 0 Å². The first-order valence-electron chi connectivity index (χ1n) is 5.61. The summed E-state index contributed by atoms with van der Waals surface area (Å²) < 4.78 is 5.57. The number of nitrogens with two attached hydrogens (primary N) is 1. The zero-order valence-corrected chi connectivity index (χ0v) is 10.1. The third-order valence-corrected chi connectivity index (χ3v) is 2.73. The normalized spacial score (nSPS) is 29.3. The average molecular weight is 214 g/mol. The summed E-state index contributed by atoms with van der Waals surface area (Å²) in [4.78, 5) is 13.8. The highest BCUT2D eigenvalue weighted by Crippen LogP contribution is 2.13. The van der Waals surface area contributed by atoms with E-state index in [1.807, 2.05) is 32.6 Å². The molecule has 0 aliphatic carbocycles. The second-order valence-corrected chi connectivity index (χ2v) is 4.77. The largest absolute Gasteiger partial charge is 0.372 e. The SMILES string of the molecule is CC(C)[C@@H](N)C(=O)N1C[C@@H](C)O[C@@H](C)C1. The molecule has 0 aromatic heterocycles. The number of carbonyl (C=O) groups is 1. The number of carbonyl (C=O) groups excluding carboxylic acids is 1. The molecule has 4 heteroatoms. The Balaban J connectivity index is 2.59. The maximum Gasteiger partial charge on any atom is 0.239 e. The van der Waals surface area contributed by atoms with E-state index in [-0.39, 0.29) is 30.1 Å². The Labute approximate surface area is 91.8 Å². The van der Waals surface area contributed by atoms with Crippen LogP contribution < -0.4 is 5.73 Å². The van der Waals surface area contributed by atoms with Crippen molar-refractivity contribution in [1.29, 1.82) is 0 Å². The predicted octanol–water partition coefficient (Wildman–Crippen LogP) is 0.605. The van der Waals surface area contributed by atoms with Crippen LogP contribution in [0.1, 0.15) is 27.7 Å². The molecule has 0 aromatic carbocycles. The molecule has 0 radical (unpaired) electrons. The van der Waals surface area contributed by atoms with E-state index in [2.05, 4.69) is 0 Å². The van der Waals surface area contributed by atoms with E-state index in [9.17, 15) is 4.79 Å². The standard InChI is InChI=1S/C11H22N2O2/c1-7(2)10(12)11(14)13-5-8(3)15-9(4)6-13/h7-10H,5-6,12H2,1-4H3/t8-,9+,10-/m1/s1. The Morgan fingerprint density at radius 2 is 1.80 bits per heavy atom. The third kappa shape index (κ3) is 3.18. The van der Waals surface area contributed by atoms with Crippen molar-refractivity contribution >= 4 is 5.91 Å². The van der Waals surface area contributed by atoms with Crippen molar-refractivity contribution in [2.24, 2.45) is 11.7 Å². The number of morpholine rings is 1. The Morgan fingerprint density at radius 3 is 2.20 bits per heavy atom. The monoisotopic (exact) mass is 214 g/mol. The molecule has 88 valence electrons. The van der Waals surface area contributed by atoms with Crippen LogP contribution >= 0.6 is 0 Å². The van der Waals surface area contributed by atoms with Crippen LogP contribution in [-0.4, -0.2) is 42.1 Å². The van der Waals surface area contributed by atoms with Gasteiger partial charge in [-0.25, -0.2) is 0 Å². The zero-order chi connectivity index (χ0) is 11.6. The number of hydrogen-bond donors (Lipinski definition) is 1. The molecule has 0 bridgehead atoms. The lowest BCUT2D eigenvalue weighted by molar-refractivity contribution is -0.145. The van der Waals surface area contributed by atoms with Crippen molar-refractivity contribution in [2.45, 2.75) is 45.9 Å². The Hall–Kier alpha value is -0.610. The van der Waals surface area contributed by atoms with Crippen LogP contribution in [0.25, 0.3) is 0 Å². The molecule has 1 rings (SSSR count). The van der Waals surface area contributed by atoms with Gasteiger partial charge in [-0.3, -0.25) is 4.79 Å². The fourth-order valence-corrected chi connectivity index (χ4v) is 1.85. The molecule has 4 nitrogen and oxygen atoms in total. The summed E-state index contributed by atoms with van der Waals surface area (Å²) in [6.07, 6.45) is 0.217. The summed E-state index contributed by atoms with van der Waals surface area (Å²) in [5.74, 6) is 0.234. The second kappa shape index (κ2) is 4.94. The number of ether oxygens (including phenoxy) is 1. The highest BCUT2D eigenvalue weighted by molar-refractivity contribution is 5.82. The van der Waals surface area contributed by atoms with Gasteiger partial charge in [0.05, 0.1) is 18.2 Å². The number of rotatable bonds is 2. The third-order valence-electron chi connectivity index (χ3n) is 2.73. The van der Waals surface area contributed by atoms with Crippen LogP contribution in [0.5, 0.6) is 0 Å². The molecule has 3 atom stereocenters. The number of nitrogens with zero attached hydrogens (tertiary/aromatic N) is 1. The summed E-state index contributed by atoms with van der Waals surface area (Å²) in [7, 11) is 0. The molecule has 1 saturated heterocycles. The van der Waals surface area contributed by atoms with Gasteiger partial charge in [0.25, 0.3) is 0 Å². The fraction of sp³-hybridized carbons (Fsp3) is 0.909. The lowest BCUT2D eigenvalue weighted by atomic mass is 10.0. The summed E-state index contributed by atoms with van der Waals surface area (Å²) in [5.41, 5.74) is 5.85. The quantitative estimate of drug-likeness (QED) is 0.732. The minimum Gasteiger partial charge on any atom is -0.372 e. The maximum atomic E-state index is 12.0. The minimum atomic E-state index is -0.387. The average Bonchev–Trinajstić information content (AvgIpc) is 2.13. The first-order valence-corrected chi connectivity index (χ1v) is 5.61. The van der Waals surface area contributed by atoms with Gasteiger partial charge in [-0.05, 0) is 19.8 Å². The lowest BCUT2D eigenvalue weighted by Crippen LogP contribution is -2.54. The first kappa shape index (κ1) is 12.5. The van der Waals surface area contributed by atoms with Crippen molar-refractivity contribution in [2.75, 3.05) is 13.1 Å². The number of amides is 1. The van der Waals surface area contributed by atoms with E-state index in [4.69, 9.17) is 10.5 Å². The lowest BCUT2D eigenvalue weighted by Gasteiger charge is -2.37. The first-order chi connectivity index (χ1) is 6.91. The molecule has 0 saturated carbocycles. The molecule has 1 fully saturated rings. The van der Waals surface area contributed by atoms with Crippen LogP contribution in [0.4, 0.5) is 0 Å². The van der Waals surface area contributed by atoms with Gasteiger partial charge in [-0.1, -0.05) is 13.8 Å². The molecule has 1 aliphatic heterocycles. The maximum absolute atomic E-state index is 12.0. The molecule has 0 aromatic rings. The van der Waals surface area contributed by atoms with E-state index < -0.39 is 0 Å². The van der Waals surface area contributed by atoms with Crippen LogP contribution in [0.15, 0.2) is 0 Å². The summed E-state index contributed by atoms with van der Waals surface area (Å²) >= 11 is 0. The van der Waals surface area contributed by atoms with Crippen molar-refractivity contribution in [1.82, 2.24) is 4.90 Å². The molecule has 0 spiro atoms. The van der Waals surface area contributed by atoms with Gasteiger partial charge in [0.2, 0.25) is 5.91 Å². The second-order valence-electron chi connectivity index (χ2n) is 4.77. The van der Waals surface area contributed by atoms with Gasteiger partial charge < -0.3 is 15.4 Å². The Morgan fingerprint density at radius 1 is 1.33 bits per heavy atom.